The van der Waals surface area contributed by atoms with Crippen LogP contribution in [0.3, 0.4) is 0 Å². The summed E-state index contributed by atoms with van der Waals surface area (Å²) in [6, 6.07) is 0. The number of ether oxygens (including phenoxy) is 4. The number of aliphatic hydroxyl groups excluding tert-OH is 1. The summed E-state index contributed by atoms with van der Waals surface area (Å²) in [5, 5.41) is 10.6. The molecule has 0 aromatic carbocycles. The van der Waals surface area contributed by atoms with Crippen molar-refractivity contribution in [3.63, 3.8) is 0 Å². The second kappa shape index (κ2) is 60.0. The Morgan fingerprint density at radius 3 is 0.864 bits per heavy atom. The molecule has 0 aromatic heterocycles. The molecule has 0 bridgehead atoms. The molecule has 0 radical (unpaired) electrons. The number of phosphoric acid groups is 2. The number of rotatable bonds is 67. The van der Waals surface area contributed by atoms with Crippen LogP contribution in [0.15, 0.2) is 0 Å². The van der Waals surface area contributed by atoms with E-state index in [4.69, 9.17) is 37.0 Å². The average Bonchev–Trinajstić information content (AvgIpc) is 3.67. The predicted octanol–water partition coefficient (Wildman–Crippen LogP) is 19.5. The zero-order valence-corrected chi connectivity index (χ0v) is 59.0. The van der Waals surface area contributed by atoms with E-state index in [1.807, 2.05) is 0 Å². The van der Waals surface area contributed by atoms with Crippen LogP contribution in [-0.4, -0.2) is 96.7 Å². The number of phosphoric ester groups is 2. The van der Waals surface area contributed by atoms with Gasteiger partial charge in [0.15, 0.2) is 12.2 Å². The van der Waals surface area contributed by atoms with Crippen LogP contribution in [0.5, 0.6) is 0 Å². The van der Waals surface area contributed by atoms with E-state index in [1.165, 1.54) is 148 Å². The highest BCUT2D eigenvalue weighted by Crippen LogP contribution is 2.45. The van der Waals surface area contributed by atoms with Crippen molar-refractivity contribution in [2.75, 3.05) is 39.6 Å². The minimum atomic E-state index is -4.95. The second-order valence-corrected chi connectivity index (χ2v) is 28.8. The van der Waals surface area contributed by atoms with E-state index >= 15 is 0 Å². The molecule has 3 N–H and O–H groups in total. The summed E-state index contributed by atoms with van der Waals surface area (Å²) in [6.45, 7) is 11.7. The molecule has 0 rings (SSSR count). The Hall–Kier alpha value is -1.94. The maximum atomic E-state index is 13.0. The fraction of sp³-hybridized carbons (Fsp3) is 0.942. The largest absolute Gasteiger partial charge is 0.472 e. The average molecular weight is 1300 g/mol. The lowest BCUT2D eigenvalue weighted by Crippen LogP contribution is -2.30. The normalized spacial score (nSPS) is 14.9. The van der Waals surface area contributed by atoms with Crippen molar-refractivity contribution in [3.05, 3.63) is 0 Å². The van der Waals surface area contributed by atoms with Crippen LogP contribution in [0.1, 0.15) is 344 Å². The molecule has 0 fully saturated rings. The number of esters is 4. The van der Waals surface area contributed by atoms with Crippen molar-refractivity contribution in [1.82, 2.24) is 0 Å². The van der Waals surface area contributed by atoms with E-state index in [1.54, 1.807) is 0 Å². The minimum Gasteiger partial charge on any atom is -0.462 e. The fourth-order valence-electron chi connectivity index (χ4n) is 10.3. The molecule has 88 heavy (non-hydrogen) atoms. The molecule has 4 unspecified atom stereocenters. The molecule has 0 amide bonds. The Morgan fingerprint density at radius 1 is 0.330 bits per heavy atom. The van der Waals surface area contributed by atoms with Crippen molar-refractivity contribution in [2.45, 2.75) is 362 Å². The Bertz CT molecular complexity index is 1740. The van der Waals surface area contributed by atoms with Crippen LogP contribution in [0.2, 0.25) is 0 Å². The van der Waals surface area contributed by atoms with Gasteiger partial charge in [0, 0.05) is 25.7 Å². The third-order valence-electron chi connectivity index (χ3n) is 16.6. The van der Waals surface area contributed by atoms with Crippen LogP contribution in [0.25, 0.3) is 0 Å². The van der Waals surface area contributed by atoms with Gasteiger partial charge in [-0.1, -0.05) is 292 Å². The first-order valence-electron chi connectivity index (χ1n) is 35.9. The number of hydrogen-bond donors (Lipinski definition) is 3. The molecule has 0 saturated carbocycles. The topological polar surface area (TPSA) is 237 Å². The molecule has 0 aliphatic rings. The predicted molar refractivity (Wildman–Crippen MR) is 354 cm³/mol. The summed E-state index contributed by atoms with van der Waals surface area (Å²) in [4.78, 5) is 72.4. The SMILES string of the molecule is CCCCCCCCCCCCCCCCCCCC(=O)O[C@H](COC(=O)CCCCCCCCCCC(C)CC)COP(=O)(O)OC[C@@H](O)COP(=O)(O)OC[C@@H](COC(=O)CCCCCCCCC(C)C)OC(=O)CCCCCCCCC(C)CC. The number of carbonyl (C=O) groups is 4. The maximum Gasteiger partial charge on any atom is 0.472 e. The van der Waals surface area contributed by atoms with Gasteiger partial charge in [0.25, 0.3) is 0 Å². The van der Waals surface area contributed by atoms with Crippen molar-refractivity contribution in [2.24, 2.45) is 17.8 Å². The Balaban J connectivity index is 5.23. The second-order valence-electron chi connectivity index (χ2n) is 25.9. The lowest BCUT2D eigenvalue weighted by Gasteiger charge is -2.21. The van der Waals surface area contributed by atoms with Crippen LogP contribution >= 0.6 is 15.6 Å². The summed E-state index contributed by atoms with van der Waals surface area (Å²) in [5.74, 6) is 0.0443. The van der Waals surface area contributed by atoms with E-state index in [2.05, 4.69) is 48.5 Å². The van der Waals surface area contributed by atoms with E-state index in [9.17, 15) is 43.2 Å². The third kappa shape index (κ3) is 60.3. The first kappa shape index (κ1) is 86.1. The number of aliphatic hydroxyl groups is 1. The fourth-order valence-corrected chi connectivity index (χ4v) is 11.9. The highest BCUT2D eigenvalue weighted by molar-refractivity contribution is 7.47. The minimum absolute atomic E-state index is 0.102. The number of carbonyl (C=O) groups excluding carboxylic acids is 4. The maximum absolute atomic E-state index is 13.0. The van der Waals surface area contributed by atoms with E-state index in [0.717, 1.165) is 108 Å². The molecule has 0 aliphatic carbocycles. The first-order chi connectivity index (χ1) is 42.3. The van der Waals surface area contributed by atoms with Crippen LogP contribution in [0, 0.1) is 17.8 Å². The molecule has 0 spiro atoms. The van der Waals surface area contributed by atoms with Gasteiger partial charge in [0.05, 0.1) is 26.4 Å². The molecular weight excluding hydrogens is 1160 g/mol. The van der Waals surface area contributed by atoms with Crippen molar-refractivity contribution in [3.8, 4) is 0 Å². The highest BCUT2D eigenvalue weighted by Gasteiger charge is 2.30. The Morgan fingerprint density at radius 2 is 0.580 bits per heavy atom. The van der Waals surface area contributed by atoms with Gasteiger partial charge in [-0.3, -0.25) is 37.3 Å². The van der Waals surface area contributed by atoms with Crippen molar-refractivity contribution >= 4 is 39.5 Å². The molecular formula is C69H134O17P2. The van der Waals surface area contributed by atoms with Gasteiger partial charge in [-0.2, -0.15) is 0 Å². The smallest absolute Gasteiger partial charge is 0.462 e. The van der Waals surface area contributed by atoms with Crippen molar-refractivity contribution in [1.29, 1.82) is 0 Å². The Kier molecular flexibility index (Phi) is 58.7. The summed E-state index contributed by atoms with van der Waals surface area (Å²) >= 11 is 0. The number of unbranched alkanes of at least 4 members (excludes halogenated alkanes) is 33. The monoisotopic (exact) mass is 1300 g/mol. The molecule has 522 valence electrons. The van der Waals surface area contributed by atoms with Crippen LogP contribution in [0.4, 0.5) is 0 Å². The molecule has 17 nitrogen and oxygen atoms in total. The molecule has 19 heteroatoms. The third-order valence-corrected chi connectivity index (χ3v) is 18.5. The van der Waals surface area contributed by atoms with Crippen LogP contribution in [-0.2, 0) is 65.4 Å². The van der Waals surface area contributed by atoms with Gasteiger partial charge in [0.1, 0.15) is 19.3 Å². The molecule has 0 saturated heterocycles. The summed E-state index contributed by atoms with van der Waals surface area (Å²) in [5.41, 5.74) is 0. The van der Waals surface area contributed by atoms with Gasteiger partial charge in [0.2, 0.25) is 0 Å². The molecule has 7 atom stereocenters. The first-order valence-corrected chi connectivity index (χ1v) is 38.9. The van der Waals surface area contributed by atoms with Crippen molar-refractivity contribution < 1.29 is 80.2 Å². The standard InChI is InChI=1S/C69H134O17P2/c1-8-11-12-13-14-15-16-17-18-19-20-21-22-23-28-38-45-52-68(73)85-64(56-79-66(71)50-43-36-27-25-24-26-34-41-48-61(6)9-2)58-83-87(75,76)81-54-63(70)55-82-88(77,78)84-59-65(57-80-67(72)51-44-37-31-29-33-40-47-60(4)5)86-69(74)53-46-39-32-30-35-42-49-62(7)10-3/h60-65,70H,8-59H2,1-7H3,(H,75,76)(H,77,78)/t61?,62?,63-,64-,65-/m1/s1. The molecule has 0 aliphatic heterocycles. The van der Waals surface area contributed by atoms with Gasteiger partial charge in [-0.25, -0.2) is 9.13 Å². The Labute approximate surface area is 537 Å². The summed E-state index contributed by atoms with van der Waals surface area (Å²) in [6.07, 6.45) is 43.2. The van der Waals surface area contributed by atoms with Crippen LogP contribution < -0.4 is 0 Å². The lowest BCUT2D eigenvalue weighted by molar-refractivity contribution is -0.161. The lowest BCUT2D eigenvalue weighted by atomic mass is 9.99. The molecule has 0 heterocycles. The quantitative estimate of drug-likeness (QED) is 0.0222. The highest BCUT2D eigenvalue weighted by atomic mass is 31.2. The summed E-state index contributed by atoms with van der Waals surface area (Å²) in [7, 11) is -9.90. The zero-order valence-electron chi connectivity index (χ0n) is 57.2. The van der Waals surface area contributed by atoms with Gasteiger partial charge < -0.3 is 33.8 Å². The van der Waals surface area contributed by atoms with E-state index < -0.39 is 97.5 Å². The van der Waals surface area contributed by atoms with E-state index in [-0.39, 0.29) is 25.7 Å². The number of hydrogen-bond acceptors (Lipinski definition) is 15. The molecule has 0 aromatic rings. The van der Waals surface area contributed by atoms with E-state index in [0.29, 0.717) is 31.6 Å². The van der Waals surface area contributed by atoms with Gasteiger partial charge >= 0.3 is 39.5 Å². The van der Waals surface area contributed by atoms with Gasteiger partial charge in [-0.05, 0) is 43.4 Å². The van der Waals surface area contributed by atoms with Gasteiger partial charge in [-0.15, -0.1) is 0 Å². The zero-order chi connectivity index (χ0) is 65.2. The summed E-state index contributed by atoms with van der Waals surface area (Å²) < 4.78 is 68.2.